The first-order valence-electron chi connectivity index (χ1n) is 13.4. The topological polar surface area (TPSA) is 110 Å². The Bertz CT molecular complexity index is 1560. The second kappa shape index (κ2) is 7.49. The first-order chi connectivity index (χ1) is 18.0. The fourth-order valence-electron chi connectivity index (χ4n) is 7.59. The van der Waals surface area contributed by atoms with Crippen LogP contribution < -0.4 is 5.32 Å². The lowest BCUT2D eigenvalue weighted by Gasteiger charge is -2.68. The zero-order valence-corrected chi connectivity index (χ0v) is 20.6. The fourth-order valence-corrected chi connectivity index (χ4v) is 7.59. The Hall–Kier alpha value is -3.56. The molecular weight excluding hydrogens is 473 g/mol. The number of carbonyl (C=O) groups excluding carboxylic acids is 1. The lowest BCUT2D eigenvalue weighted by molar-refractivity contribution is -0.186. The molecule has 2 N–H and O–H groups in total. The number of hydrogen-bond acceptors (Lipinski definition) is 7. The fraction of sp³-hybridized carbons (Fsp3) is 0.519. The second-order valence-corrected chi connectivity index (χ2v) is 11.4. The quantitative estimate of drug-likeness (QED) is 0.375. The number of halogens is 1. The molecule has 0 amide bonds. The van der Waals surface area contributed by atoms with Crippen LogP contribution in [0.4, 0.5) is 10.2 Å². The number of hydrogen-bond donors (Lipinski definition) is 2. The SMILES string of the molecule is CCOC(=O)[C@@H]1[C@@H](Nc2nc(-c3[nH]nc4ncc(F)cc34)nn3c(C4CC4)ccc23)C23CC[C@H]1C(C2)C3. The van der Waals surface area contributed by atoms with Gasteiger partial charge in [0.25, 0.3) is 0 Å². The van der Waals surface area contributed by atoms with Crippen molar-refractivity contribution in [2.24, 2.45) is 23.2 Å². The van der Waals surface area contributed by atoms with Crippen LogP contribution in [0.5, 0.6) is 0 Å². The van der Waals surface area contributed by atoms with Gasteiger partial charge in [-0.05, 0) is 80.9 Å². The van der Waals surface area contributed by atoms with Gasteiger partial charge in [0.05, 0.1) is 24.1 Å². The number of nitrogens with zero attached hydrogens (tertiary/aromatic N) is 5. The molecular formula is C27H28FN7O2. The van der Waals surface area contributed by atoms with Crippen LogP contribution in [0, 0.1) is 29.0 Å². The number of esters is 1. The highest BCUT2D eigenvalue weighted by Crippen LogP contribution is 2.68. The summed E-state index contributed by atoms with van der Waals surface area (Å²) in [5.74, 6) is 1.83. The third kappa shape index (κ3) is 3.04. The van der Waals surface area contributed by atoms with E-state index in [4.69, 9.17) is 14.8 Å². The minimum absolute atomic E-state index is 0.0428. The van der Waals surface area contributed by atoms with Crippen LogP contribution >= 0.6 is 0 Å². The van der Waals surface area contributed by atoms with E-state index in [1.807, 2.05) is 11.4 Å². The predicted octanol–water partition coefficient (Wildman–Crippen LogP) is 4.46. The lowest BCUT2D eigenvalue weighted by atomic mass is 9.38. The minimum Gasteiger partial charge on any atom is -0.466 e. The molecule has 3 atom stereocenters. The summed E-state index contributed by atoms with van der Waals surface area (Å²) in [6, 6.07) is 5.55. The highest BCUT2D eigenvalue weighted by atomic mass is 19.1. The van der Waals surface area contributed by atoms with E-state index in [9.17, 15) is 9.18 Å². The van der Waals surface area contributed by atoms with Crippen molar-refractivity contribution in [1.82, 2.24) is 29.8 Å². The zero-order chi connectivity index (χ0) is 24.9. The molecule has 4 aromatic rings. The molecule has 4 aromatic heterocycles. The van der Waals surface area contributed by atoms with Crippen molar-refractivity contribution in [2.45, 2.75) is 57.4 Å². The maximum atomic E-state index is 14.1. The van der Waals surface area contributed by atoms with Crippen molar-refractivity contribution >= 4 is 28.3 Å². The van der Waals surface area contributed by atoms with Crippen LogP contribution in [-0.4, -0.2) is 48.4 Å². The van der Waals surface area contributed by atoms with Gasteiger partial charge in [0.1, 0.15) is 17.0 Å². The Balaban J connectivity index is 1.27. The highest BCUT2D eigenvalue weighted by molar-refractivity contribution is 5.89. The molecule has 0 aromatic carbocycles. The van der Waals surface area contributed by atoms with Crippen molar-refractivity contribution in [3.63, 3.8) is 0 Å². The smallest absolute Gasteiger partial charge is 0.311 e. The van der Waals surface area contributed by atoms with Gasteiger partial charge in [0.15, 0.2) is 11.5 Å². The van der Waals surface area contributed by atoms with Gasteiger partial charge in [-0.2, -0.15) is 5.10 Å². The van der Waals surface area contributed by atoms with Gasteiger partial charge in [0.2, 0.25) is 5.82 Å². The second-order valence-electron chi connectivity index (χ2n) is 11.4. The van der Waals surface area contributed by atoms with Gasteiger partial charge < -0.3 is 10.1 Å². The highest BCUT2D eigenvalue weighted by Gasteiger charge is 2.66. The first kappa shape index (κ1) is 21.5. The van der Waals surface area contributed by atoms with Gasteiger partial charge >= 0.3 is 5.97 Å². The maximum Gasteiger partial charge on any atom is 0.311 e. The molecule has 7 fully saturated rings. The summed E-state index contributed by atoms with van der Waals surface area (Å²) in [7, 11) is 0. The summed E-state index contributed by atoms with van der Waals surface area (Å²) in [6.07, 6.45) is 7.95. The molecule has 7 aliphatic carbocycles. The number of anilines is 1. The number of fused-ring (bicyclic) bond motifs is 2. The Morgan fingerprint density at radius 1 is 1.30 bits per heavy atom. The molecule has 37 heavy (non-hydrogen) atoms. The summed E-state index contributed by atoms with van der Waals surface area (Å²) >= 11 is 0. The summed E-state index contributed by atoms with van der Waals surface area (Å²) in [5, 5.41) is 16.4. The largest absolute Gasteiger partial charge is 0.466 e. The third-order valence-electron chi connectivity index (χ3n) is 9.38. The molecule has 7 saturated carbocycles. The molecule has 1 spiro atoms. The number of rotatable bonds is 6. The minimum atomic E-state index is -0.441. The molecule has 0 saturated heterocycles. The number of aromatic amines is 1. The van der Waals surface area contributed by atoms with Crippen LogP contribution in [0.1, 0.15) is 57.1 Å². The van der Waals surface area contributed by atoms with Gasteiger partial charge in [-0.3, -0.25) is 9.89 Å². The van der Waals surface area contributed by atoms with E-state index in [2.05, 4.69) is 32.6 Å². The number of H-pyrrole nitrogens is 1. The van der Waals surface area contributed by atoms with Crippen molar-refractivity contribution < 1.29 is 13.9 Å². The van der Waals surface area contributed by atoms with E-state index in [0.29, 0.717) is 52.7 Å². The van der Waals surface area contributed by atoms with Gasteiger partial charge in [-0.25, -0.2) is 18.9 Å². The van der Waals surface area contributed by atoms with Crippen molar-refractivity contribution in [3.8, 4) is 11.5 Å². The summed E-state index contributed by atoms with van der Waals surface area (Å²) < 4.78 is 21.6. The maximum absolute atomic E-state index is 14.1. The van der Waals surface area contributed by atoms with Crippen molar-refractivity contribution in [2.75, 3.05) is 11.9 Å². The zero-order valence-electron chi connectivity index (χ0n) is 20.6. The predicted molar refractivity (Wildman–Crippen MR) is 133 cm³/mol. The van der Waals surface area contributed by atoms with Gasteiger partial charge in [-0.15, -0.1) is 5.10 Å². The van der Waals surface area contributed by atoms with Crippen LogP contribution in [-0.2, 0) is 9.53 Å². The Kier molecular flexibility index (Phi) is 4.35. The number of ether oxygens (including phenoxy) is 1. The molecule has 11 rings (SSSR count). The Morgan fingerprint density at radius 2 is 2.16 bits per heavy atom. The molecule has 190 valence electrons. The molecule has 7 aliphatic rings. The summed E-state index contributed by atoms with van der Waals surface area (Å²) in [5.41, 5.74) is 3.06. The van der Waals surface area contributed by atoms with Gasteiger partial charge in [0, 0.05) is 17.7 Å². The van der Waals surface area contributed by atoms with Crippen LogP contribution in [0.15, 0.2) is 24.4 Å². The molecule has 3 bridgehead atoms. The Labute approximate surface area is 212 Å². The van der Waals surface area contributed by atoms with Crippen LogP contribution in [0.25, 0.3) is 28.1 Å². The van der Waals surface area contributed by atoms with E-state index in [0.717, 1.165) is 55.9 Å². The van der Waals surface area contributed by atoms with E-state index in [1.165, 1.54) is 6.07 Å². The monoisotopic (exact) mass is 501 g/mol. The number of pyridine rings is 1. The molecule has 4 heterocycles. The van der Waals surface area contributed by atoms with E-state index in [-0.39, 0.29) is 23.3 Å². The third-order valence-corrected chi connectivity index (χ3v) is 9.38. The van der Waals surface area contributed by atoms with Crippen molar-refractivity contribution in [3.05, 3.63) is 35.9 Å². The Morgan fingerprint density at radius 3 is 2.92 bits per heavy atom. The molecule has 0 radical (unpaired) electrons. The number of aromatic nitrogens is 6. The molecule has 10 heteroatoms. The summed E-state index contributed by atoms with van der Waals surface area (Å²) in [6.45, 7) is 2.25. The molecule has 9 nitrogen and oxygen atoms in total. The van der Waals surface area contributed by atoms with E-state index in [1.54, 1.807) is 0 Å². The van der Waals surface area contributed by atoms with Crippen molar-refractivity contribution in [1.29, 1.82) is 0 Å². The normalized spacial score (nSPS) is 30.0. The van der Waals surface area contributed by atoms with Crippen LogP contribution in [0.2, 0.25) is 0 Å². The van der Waals surface area contributed by atoms with Gasteiger partial charge in [-0.1, -0.05) is 0 Å². The summed E-state index contributed by atoms with van der Waals surface area (Å²) in [4.78, 5) is 22.2. The van der Waals surface area contributed by atoms with E-state index < -0.39 is 5.82 Å². The molecule has 0 unspecified atom stereocenters. The average molecular weight is 502 g/mol. The van der Waals surface area contributed by atoms with E-state index >= 15 is 0 Å². The average Bonchev–Trinajstić information content (AvgIpc) is 3.49. The first-order valence-corrected chi connectivity index (χ1v) is 13.4. The molecule has 0 aliphatic heterocycles. The van der Waals surface area contributed by atoms with Crippen LogP contribution in [0.3, 0.4) is 0 Å². The number of carbonyl (C=O) groups is 1. The standard InChI is InChI=1S/C27H28FN7O2/c1-2-37-26(36)20-16-7-8-27(10-14(16)11-27)22(20)30-24-19-6-5-18(13-3-4-13)35(19)34-25(31-24)21-17-9-15(28)12-29-23(17)33-32-21/h5-6,9,12-14,16,20,22H,2-4,7-8,10-11H2,1H3,(H,29,32,33)(H,30,31,34)/t14?,16-,20-,22+,27?/m0/s1. The number of nitrogens with one attached hydrogen (secondary N) is 2. The lowest BCUT2D eigenvalue weighted by Crippen LogP contribution is -2.68.